The van der Waals surface area contributed by atoms with Crippen molar-refractivity contribution in [3.63, 3.8) is 0 Å². The highest BCUT2D eigenvalue weighted by Gasteiger charge is 2.10. The van der Waals surface area contributed by atoms with Gasteiger partial charge in [-0.15, -0.1) is 0 Å². The molecule has 0 aromatic heterocycles. The number of hydrogen-bond donors (Lipinski definition) is 0. The van der Waals surface area contributed by atoms with E-state index in [1.165, 1.54) is 83.5 Å². The molecule has 0 aliphatic carbocycles. The van der Waals surface area contributed by atoms with E-state index < -0.39 is 0 Å². The molecule has 0 amide bonds. The molecule has 0 aliphatic rings. The second-order valence-corrected chi connectivity index (χ2v) is 10.7. The van der Waals surface area contributed by atoms with Gasteiger partial charge in [0.2, 0.25) is 0 Å². The van der Waals surface area contributed by atoms with Gasteiger partial charge in [0.15, 0.2) is 0 Å². The normalized spacial score (nSPS) is 12.0. The summed E-state index contributed by atoms with van der Waals surface area (Å²) in [6.07, 6.45) is 27.1. The molecule has 0 rings (SSSR count). The van der Waals surface area contributed by atoms with Crippen molar-refractivity contribution in [1.82, 2.24) is 0 Å². The predicted molar refractivity (Wildman–Crippen MR) is 149 cm³/mol. The van der Waals surface area contributed by atoms with Crippen molar-refractivity contribution in [2.45, 2.75) is 168 Å². The van der Waals surface area contributed by atoms with Crippen molar-refractivity contribution < 1.29 is 19.1 Å². The minimum absolute atomic E-state index is 0.00856. The fourth-order valence-corrected chi connectivity index (χ4v) is 4.48. The molecule has 35 heavy (non-hydrogen) atoms. The Hall–Kier alpha value is -1.06. The highest BCUT2D eigenvalue weighted by molar-refractivity contribution is 5.69. The van der Waals surface area contributed by atoms with Crippen LogP contribution in [0.3, 0.4) is 0 Å². The molecule has 0 saturated carbocycles. The Labute approximate surface area is 218 Å². The molecule has 4 heteroatoms. The average molecular weight is 497 g/mol. The molecule has 0 spiro atoms. The molecule has 0 aromatic carbocycles. The number of rotatable bonds is 27. The van der Waals surface area contributed by atoms with E-state index in [1.54, 1.807) is 0 Å². The molecular weight excluding hydrogens is 436 g/mol. The fourth-order valence-electron chi connectivity index (χ4n) is 4.48. The quantitative estimate of drug-likeness (QED) is 0.0838. The van der Waals surface area contributed by atoms with Crippen molar-refractivity contribution in [3.8, 4) is 0 Å². The molecule has 1 unspecified atom stereocenters. The summed E-state index contributed by atoms with van der Waals surface area (Å²) in [6, 6.07) is 0. The van der Waals surface area contributed by atoms with Gasteiger partial charge in [0, 0.05) is 12.8 Å². The zero-order valence-electron chi connectivity index (χ0n) is 23.9. The largest absolute Gasteiger partial charge is 0.466 e. The van der Waals surface area contributed by atoms with Gasteiger partial charge in [-0.05, 0) is 25.2 Å². The molecule has 0 saturated heterocycles. The minimum atomic E-state index is -0.0105. The second-order valence-electron chi connectivity index (χ2n) is 10.7. The molecule has 1 atom stereocenters. The van der Waals surface area contributed by atoms with Crippen LogP contribution in [0.2, 0.25) is 0 Å². The summed E-state index contributed by atoms with van der Waals surface area (Å²) in [5, 5.41) is 0. The van der Waals surface area contributed by atoms with Crippen molar-refractivity contribution in [1.29, 1.82) is 0 Å². The summed E-state index contributed by atoms with van der Waals surface area (Å²) < 4.78 is 10.6. The SMILES string of the molecule is CCCCCOC(=O)CCCCCCCCCCCCCCCCC(C)CC(=O)OCCCCC. The monoisotopic (exact) mass is 496 g/mol. The van der Waals surface area contributed by atoms with Crippen LogP contribution in [0.4, 0.5) is 0 Å². The molecule has 0 radical (unpaired) electrons. The van der Waals surface area contributed by atoms with Gasteiger partial charge in [-0.3, -0.25) is 9.59 Å². The maximum absolute atomic E-state index is 11.8. The van der Waals surface area contributed by atoms with Crippen LogP contribution in [0.25, 0.3) is 0 Å². The van der Waals surface area contributed by atoms with Gasteiger partial charge in [0.1, 0.15) is 0 Å². The van der Waals surface area contributed by atoms with Crippen LogP contribution >= 0.6 is 0 Å². The summed E-state index contributed by atoms with van der Waals surface area (Å²) >= 11 is 0. The summed E-state index contributed by atoms with van der Waals surface area (Å²) in [7, 11) is 0. The summed E-state index contributed by atoms with van der Waals surface area (Å²) in [5.74, 6) is 0.431. The highest BCUT2D eigenvalue weighted by Crippen LogP contribution is 2.17. The summed E-state index contributed by atoms with van der Waals surface area (Å²) in [6.45, 7) is 7.70. The van der Waals surface area contributed by atoms with Crippen molar-refractivity contribution in [3.05, 3.63) is 0 Å². The van der Waals surface area contributed by atoms with Crippen LogP contribution in [-0.4, -0.2) is 25.2 Å². The van der Waals surface area contributed by atoms with Crippen molar-refractivity contribution >= 4 is 11.9 Å². The van der Waals surface area contributed by atoms with Crippen LogP contribution in [0.5, 0.6) is 0 Å². The third-order valence-electron chi connectivity index (χ3n) is 6.86. The molecule has 0 fully saturated rings. The van der Waals surface area contributed by atoms with E-state index in [1.807, 2.05) is 0 Å². The van der Waals surface area contributed by atoms with Crippen LogP contribution in [0.1, 0.15) is 168 Å². The molecule has 0 heterocycles. The Morgan fingerprint density at radius 2 is 0.914 bits per heavy atom. The Morgan fingerprint density at radius 1 is 0.514 bits per heavy atom. The van der Waals surface area contributed by atoms with E-state index >= 15 is 0 Å². The molecule has 208 valence electrons. The van der Waals surface area contributed by atoms with Gasteiger partial charge in [0.05, 0.1) is 13.2 Å². The first-order chi connectivity index (χ1) is 17.1. The molecular formula is C31H60O4. The van der Waals surface area contributed by atoms with Gasteiger partial charge in [-0.1, -0.05) is 136 Å². The Kier molecular flexibility index (Phi) is 26.7. The Bertz CT molecular complexity index is 463. The zero-order chi connectivity index (χ0) is 25.8. The lowest BCUT2D eigenvalue weighted by Gasteiger charge is -2.11. The lowest BCUT2D eigenvalue weighted by molar-refractivity contribution is -0.145. The molecule has 0 aromatic rings. The van der Waals surface area contributed by atoms with Crippen LogP contribution in [0.15, 0.2) is 0 Å². The average Bonchev–Trinajstić information content (AvgIpc) is 2.84. The maximum atomic E-state index is 11.8. The van der Waals surface area contributed by atoms with Gasteiger partial charge in [-0.25, -0.2) is 0 Å². The third kappa shape index (κ3) is 27.4. The smallest absolute Gasteiger partial charge is 0.306 e. The van der Waals surface area contributed by atoms with Crippen LogP contribution < -0.4 is 0 Å². The van der Waals surface area contributed by atoms with Crippen molar-refractivity contribution in [2.24, 2.45) is 5.92 Å². The molecule has 0 bridgehead atoms. The van der Waals surface area contributed by atoms with Crippen LogP contribution in [-0.2, 0) is 19.1 Å². The van der Waals surface area contributed by atoms with E-state index in [9.17, 15) is 9.59 Å². The third-order valence-corrected chi connectivity index (χ3v) is 6.86. The molecule has 4 nitrogen and oxygen atoms in total. The van der Waals surface area contributed by atoms with Gasteiger partial charge in [0.25, 0.3) is 0 Å². The first-order valence-electron chi connectivity index (χ1n) is 15.4. The summed E-state index contributed by atoms with van der Waals surface area (Å²) in [5.41, 5.74) is 0. The number of carbonyl (C=O) groups excluding carboxylic acids is 2. The molecule has 0 N–H and O–H groups in total. The number of esters is 2. The number of hydrogen-bond acceptors (Lipinski definition) is 4. The first kappa shape index (κ1) is 33.9. The zero-order valence-corrected chi connectivity index (χ0v) is 23.9. The van der Waals surface area contributed by atoms with Gasteiger partial charge < -0.3 is 9.47 Å². The molecule has 0 aliphatic heterocycles. The van der Waals surface area contributed by atoms with E-state index in [4.69, 9.17) is 9.47 Å². The standard InChI is InChI=1S/C31H60O4/c1-4-6-22-26-34-30(32)25-21-19-17-15-13-11-9-8-10-12-14-16-18-20-24-29(3)28-31(33)35-27-23-7-5-2/h29H,4-28H2,1-3H3. The van der Waals surface area contributed by atoms with E-state index in [0.29, 0.717) is 32.0 Å². The number of ether oxygens (including phenoxy) is 2. The Morgan fingerprint density at radius 3 is 1.37 bits per heavy atom. The Balaban J connectivity index is 3.25. The van der Waals surface area contributed by atoms with Crippen molar-refractivity contribution in [2.75, 3.05) is 13.2 Å². The number of unbranched alkanes of at least 4 members (excludes halogenated alkanes) is 17. The van der Waals surface area contributed by atoms with Gasteiger partial charge in [-0.2, -0.15) is 0 Å². The fraction of sp³-hybridized carbons (Fsp3) is 0.935. The maximum Gasteiger partial charge on any atom is 0.306 e. The van der Waals surface area contributed by atoms with E-state index in [0.717, 1.165) is 51.4 Å². The minimum Gasteiger partial charge on any atom is -0.466 e. The topological polar surface area (TPSA) is 52.6 Å². The van der Waals surface area contributed by atoms with E-state index in [-0.39, 0.29) is 11.9 Å². The lowest BCUT2D eigenvalue weighted by atomic mass is 9.98. The highest BCUT2D eigenvalue weighted by atomic mass is 16.5. The number of carbonyl (C=O) groups is 2. The second kappa shape index (κ2) is 27.5. The first-order valence-corrected chi connectivity index (χ1v) is 15.4. The summed E-state index contributed by atoms with van der Waals surface area (Å²) in [4.78, 5) is 23.4. The predicted octanol–water partition coefficient (Wildman–Crippen LogP) is 9.72. The van der Waals surface area contributed by atoms with Gasteiger partial charge >= 0.3 is 11.9 Å². The lowest BCUT2D eigenvalue weighted by Crippen LogP contribution is -2.10. The van der Waals surface area contributed by atoms with Crippen LogP contribution in [0, 0.1) is 5.92 Å². The van der Waals surface area contributed by atoms with E-state index in [2.05, 4.69) is 20.8 Å².